The summed E-state index contributed by atoms with van der Waals surface area (Å²) >= 11 is 2.99. The van der Waals surface area contributed by atoms with Crippen molar-refractivity contribution in [2.75, 3.05) is 0 Å². The Balaban J connectivity index is 2.62. The molecule has 6 heteroatoms. The molecule has 0 aliphatic rings. The zero-order valence-corrected chi connectivity index (χ0v) is 10.9. The standard InChI is InChI=1S/C11H11BrF2N2O/c1-11(2,17)5-16-9-4-8(13)7(12)3-6(9)10(14)15-16/h3-4,17H,5H2,1-2H3. The Bertz CT molecular complexity index is 575. The van der Waals surface area contributed by atoms with Gasteiger partial charge in [-0.25, -0.2) is 4.39 Å². The van der Waals surface area contributed by atoms with Crippen LogP contribution in [0, 0.1) is 11.8 Å². The van der Waals surface area contributed by atoms with E-state index in [0.717, 1.165) is 0 Å². The molecule has 0 atom stereocenters. The molecule has 1 aromatic heterocycles. The topological polar surface area (TPSA) is 38.0 Å². The van der Waals surface area contributed by atoms with Crippen LogP contribution in [-0.4, -0.2) is 20.5 Å². The minimum Gasteiger partial charge on any atom is -0.389 e. The van der Waals surface area contributed by atoms with Crippen LogP contribution in [0.2, 0.25) is 0 Å². The molecule has 92 valence electrons. The Hall–Kier alpha value is -1.01. The van der Waals surface area contributed by atoms with Gasteiger partial charge in [0.15, 0.2) is 0 Å². The van der Waals surface area contributed by atoms with E-state index in [4.69, 9.17) is 0 Å². The van der Waals surface area contributed by atoms with Crippen LogP contribution in [0.15, 0.2) is 16.6 Å². The van der Waals surface area contributed by atoms with Gasteiger partial charge in [0.05, 0.1) is 27.5 Å². The summed E-state index contributed by atoms with van der Waals surface area (Å²) < 4.78 is 28.4. The lowest BCUT2D eigenvalue weighted by molar-refractivity contribution is 0.0586. The molecule has 0 unspecified atom stereocenters. The molecule has 17 heavy (non-hydrogen) atoms. The summed E-state index contributed by atoms with van der Waals surface area (Å²) in [4.78, 5) is 0. The van der Waals surface area contributed by atoms with Gasteiger partial charge in [-0.2, -0.15) is 4.39 Å². The molecule has 0 aliphatic carbocycles. The molecular formula is C11H11BrF2N2O. The third-order valence-electron chi connectivity index (χ3n) is 2.28. The van der Waals surface area contributed by atoms with Gasteiger partial charge in [-0.05, 0) is 35.8 Å². The SMILES string of the molecule is CC(C)(O)Cn1nc(F)c2cc(Br)c(F)cc21. The number of halogens is 3. The first-order valence-electron chi connectivity index (χ1n) is 5.01. The van der Waals surface area contributed by atoms with Crippen LogP contribution in [0.3, 0.4) is 0 Å². The van der Waals surface area contributed by atoms with E-state index in [2.05, 4.69) is 21.0 Å². The monoisotopic (exact) mass is 304 g/mol. The maximum atomic E-state index is 13.5. The number of aromatic nitrogens is 2. The van der Waals surface area contributed by atoms with Crippen molar-refractivity contribution in [3.05, 3.63) is 28.4 Å². The van der Waals surface area contributed by atoms with Gasteiger partial charge in [0.1, 0.15) is 5.82 Å². The molecule has 0 saturated carbocycles. The van der Waals surface area contributed by atoms with E-state index in [1.807, 2.05) is 0 Å². The number of benzene rings is 1. The van der Waals surface area contributed by atoms with E-state index in [9.17, 15) is 13.9 Å². The van der Waals surface area contributed by atoms with Gasteiger partial charge in [-0.1, -0.05) is 0 Å². The Morgan fingerprint density at radius 3 is 2.65 bits per heavy atom. The van der Waals surface area contributed by atoms with Gasteiger partial charge in [0.25, 0.3) is 0 Å². The summed E-state index contributed by atoms with van der Waals surface area (Å²) in [6, 6.07) is 2.54. The van der Waals surface area contributed by atoms with Gasteiger partial charge >= 0.3 is 0 Å². The molecule has 0 aliphatic heterocycles. The predicted octanol–water partition coefficient (Wildman–Crippen LogP) is 2.85. The molecule has 1 aromatic carbocycles. The molecule has 2 rings (SSSR count). The van der Waals surface area contributed by atoms with Crippen molar-refractivity contribution in [2.24, 2.45) is 0 Å². The fourth-order valence-corrected chi connectivity index (χ4v) is 1.96. The predicted molar refractivity (Wildman–Crippen MR) is 63.6 cm³/mol. The fraction of sp³-hybridized carbons (Fsp3) is 0.364. The van der Waals surface area contributed by atoms with Gasteiger partial charge in [-0.3, -0.25) is 4.68 Å². The second-order valence-corrected chi connectivity index (χ2v) is 5.40. The van der Waals surface area contributed by atoms with Crippen molar-refractivity contribution < 1.29 is 13.9 Å². The second kappa shape index (κ2) is 4.03. The fourth-order valence-electron chi connectivity index (χ4n) is 1.62. The van der Waals surface area contributed by atoms with Crippen molar-refractivity contribution in [1.29, 1.82) is 0 Å². The number of hydrogen-bond acceptors (Lipinski definition) is 2. The second-order valence-electron chi connectivity index (χ2n) is 4.54. The smallest absolute Gasteiger partial charge is 0.240 e. The van der Waals surface area contributed by atoms with Crippen molar-refractivity contribution in [3.63, 3.8) is 0 Å². The largest absolute Gasteiger partial charge is 0.389 e. The van der Waals surface area contributed by atoms with Crippen LogP contribution in [0.5, 0.6) is 0 Å². The Kier molecular flexibility index (Phi) is 2.95. The first-order chi connectivity index (χ1) is 7.78. The number of nitrogens with zero attached hydrogens (tertiary/aromatic N) is 2. The first-order valence-corrected chi connectivity index (χ1v) is 5.81. The third-order valence-corrected chi connectivity index (χ3v) is 2.89. The number of rotatable bonds is 2. The lowest BCUT2D eigenvalue weighted by atomic mass is 10.1. The highest BCUT2D eigenvalue weighted by molar-refractivity contribution is 9.10. The highest BCUT2D eigenvalue weighted by atomic mass is 79.9. The summed E-state index contributed by atoms with van der Waals surface area (Å²) in [7, 11) is 0. The van der Waals surface area contributed by atoms with E-state index in [1.165, 1.54) is 16.8 Å². The van der Waals surface area contributed by atoms with E-state index in [0.29, 0.717) is 5.52 Å². The molecule has 0 bridgehead atoms. The maximum Gasteiger partial charge on any atom is 0.240 e. The highest BCUT2D eigenvalue weighted by Gasteiger charge is 2.19. The van der Waals surface area contributed by atoms with Crippen molar-refractivity contribution in [1.82, 2.24) is 9.78 Å². The summed E-state index contributed by atoms with van der Waals surface area (Å²) in [6.07, 6.45) is 0. The molecule has 1 heterocycles. The molecule has 0 saturated heterocycles. The van der Waals surface area contributed by atoms with E-state index < -0.39 is 17.4 Å². The summed E-state index contributed by atoms with van der Waals surface area (Å²) in [5.41, 5.74) is -0.722. The molecule has 0 radical (unpaired) electrons. The zero-order chi connectivity index (χ0) is 12.8. The van der Waals surface area contributed by atoms with Gasteiger partial charge < -0.3 is 5.11 Å². The molecule has 2 aromatic rings. The van der Waals surface area contributed by atoms with Crippen LogP contribution in [0.1, 0.15) is 13.8 Å². The number of fused-ring (bicyclic) bond motifs is 1. The molecule has 0 amide bonds. The molecule has 0 spiro atoms. The van der Waals surface area contributed by atoms with Crippen LogP contribution in [0.4, 0.5) is 8.78 Å². The lowest BCUT2D eigenvalue weighted by Crippen LogP contribution is -2.26. The zero-order valence-electron chi connectivity index (χ0n) is 9.34. The normalized spacial score (nSPS) is 12.4. The Morgan fingerprint density at radius 1 is 1.41 bits per heavy atom. The van der Waals surface area contributed by atoms with Crippen molar-refractivity contribution in [2.45, 2.75) is 26.0 Å². The van der Waals surface area contributed by atoms with Crippen LogP contribution in [-0.2, 0) is 6.54 Å². The van der Waals surface area contributed by atoms with Crippen molar-refractivity contribution in [3.8, 4) is 0 Å². The highest BCUT2D eigenvalue weighted by Crippen LogP contribution is 2.26. The molecule has 1 N–H and O–H groups in total. The lowest BCUT2D eigenvalue weighted by Gasteiger charge is -2.17. The number of hydrogen-bond donors (Lipinski definition) is 1. The van der Waals surface area contributed by atoms with Gasteiger partial charge in [-0.15, -0.1) is 5.10 Å². The minimum absolute atomic E-state index is 0.0918. The van der Waals surface area contributed by atoms with Crippen molar-refractivity contribution >= 4 is 26.8 Å². The quantitative estimate of drug-likeness (QED) is 0.926. The average molecular weight is 305 g/mol. The first kappa shape index (κ1) is 12.4. The van der Waals surface area contributed by atoms with Crippen LogP contribution >= 0.6 is 15.9 Å². The van der Waals surface area contributed by atoms with E-state index in [1.54, 1.807) is 13.8 Å². The van der Waals surface area contributed by atoms with E-state index >= 15 is 0 Å². The summed E-state index contributed by atoms with van der Waals surface area (Å²) in [5, 5.41) is 13.6. The maximum absolute atomic E-state index is 13.5. The Labute approximate surface area is 105 Å². The number of aliphatic hydroxyl groups is 1. The molecule has 3 nitrogen and oxygen atoms in total. The molecular weight excluding hydrogens is 294 g/mol. The van der Waals surface area contributed by atoms with Gasteiger partial charge in [0, 0.05) is 6.07 Å². The van der Waals surface area contributed by atoms with Gasteiger partial charge in [0.2, 0.25) is 5.95 Å². The average Bonchev–Trinajstić information content (AvgIpc) is 2.43. The van der Waals surface area contributed by atoms with Crippen LogP contribution in [0.25, 0.3) is 10.9 Å². The minimum atomic E-state index is -1.05. The summed E-state index contributed by atoms with van der Waals surface area (Å²) in [6.45, 7) is 3.25. The van der Waals surface area contributed by atoms with E-state index in [-0.39, 0.29) is 16.4 Å². The molecule has 0 fully saturated rings. The van der Waals surface area contributed by atoms with Crippen LogP contribution < -0.4 is 0 Å². The third kappa shape index (κ3) is 2.47. The summed E-state index contributed by atoms with van der Waals surface area (Å²) in [5.74, 6) is -1.17. The Morgan fingerprint density at radius 2 is 2.06 bits per heavy atom.